The van der Waals surface area contributed by atoms with Crippen molar-refractivity contribution in [3.8, 4) is 11.8 Å². The van der Waals surface area contributed by atoms with Crippen LogP contribution in [0.5, 0.6) is 5.75 Å². The Balaban J connectivity index is 1.44. The van der Waals surface area contributed by atoms with Gasteiger partial charge in [-0.15, -0.1) is 0 Å². The van der Waals surface area contributed by atoms with E-state index in [2.05, 4.69) is 16.4 Å². The Morgan fingerprint density at radius 3 is 2.94 bits per heavy atom. The van der Waals surface area contributed by atoms with Crippen molar-refractivity contribution in [2.75, 3.05) is 13.7 Å². The van der Waals surface area contributed by atoms with Crippen LogP contribution < -0.4 is 21.3 Å². The lowest BCUT2D eigenvalue weighted by atomic mass is 9.73. The summed E-state index contributed by atoms with van der Waals surface area (Å²) in [5.74, 6) is 1.86. The largest absolute Gasteiger partial charge is 0.496 e. The molecule has 0 spiro atoms. The van der Waals surface area contributed by atoms with Gasteiger partial charge in [-0.25, -0.2) is 4.79 Å². The Morgan fingerprint density at radius 1 is 1.26 bits per heavy atom. The number of H-pyrrole nitrogens is 1. The summed E-state index contributed by atoms with van der Waals surface area (Å²) < 4.78 is 6.86. The van der Waals surface area contributed by atoms with Crippen molar-refractivity contribution in [2.45, 2.75) is 37.8 Å². The zero-order valence-electron chi connectivity index (χ0n) is 17.4. The number of rotatable bonds is 4. The fraction of sp³-hybridized carbons (Fsp3) is 0.375. The molecule has 1 aliphatic carbocycles. The van der Waals surface area contributed by atoms with Crippen molar-refractivity contribution in [1.29, 1.82) is 5.26 Å². The van der Waals surface area contributed by atoms with Crippen LogP contribution in [0.15, 0.2) is 46.0 Å². The third kappa shape index (κ3) is 3.24. The first-order chi connectivity index (χ1) is 15.1. The molecule has 158 valence electrons. The number of nitrogens with one attached hydrogen (secondary N) is 2. The Labute approximate surface area is 179 Å². The minimum Gasteiger partial charge on any atom is -0.496 e. The van der Waals surface area contributed by atoms with Gasteiger partial charge in [-0.1, -0.05) is 12.1 Å². The maximum Gasteiger partial charge on any atom is 0.328 e. The van der Waals surface area contributed by atoms with Crippen LogP contribution in [0.25, 0.3) is 10.9 Å². The third-order valence-electron chi connectivity index (χ3n) is 6.87. The summed E-state index contributed by atoms with van der Waals surface area (Å²) in [6.45, 7) is 1.29. The normalized spacial score (nSPS) is 22.0. The molecule has 1 unspecified atom stereocenters. The monoisotopic (exact) mass is 416 g/mol. The Bertz CT molecular complexity index is 1320. The molecule has 7 heteroatoms. The van der Waals surface area contributed by atoms with Gasteiger partial charge >= 0.3 is 5.69 Å². The third-order valence-corrected chi connectivity index (χ3v) is 6.87. The number of aromatic nitrogens is 2. The lowest BCUT2D eigenvalue weighted by molar-refractivity contribution is 0.371. The van der Waals surface area contributed by atoms with Gasteiger partial charge in [0.05, 0.1) is 29.6 Å². The Morgan fingerprint density at radius 2 is 2.13 bits per heavy atom. The lowest BCUT2D eigenvalue weighted by Crippen LogP contribution is -2.38. The zero-order chi connectivity index (χ0) is 21.5. The van der Waals surface area contributed by atoms with Crippen LogP contribution in [0.4, 0.5) is 0 Å². The second kappa shape index (κ2) is 7.71. The maximum absolute atomic E-state index is 12.9. The molecule has 0 amide bonds. The van der Waals surface area contributed by atoms with E-state index in [1.165, 1.54) is 21.8 Å². The van der Waals surface area contributed by atoms with Gasteiger partial charge in [0.1, 0.15) is 5.75 Å². The van der Waals surface area contributed by atoms with Crippen molar-refractivity contribution in [3.05, 3.63) is 73.9 Å². The highest BCUT2D eigenvalue weighted by Gasteiger charge is 2.40. The van der Waals surface area contributed by atoms with Crippen LogP contribution in [-0.4, -0.2) is 29.2 Å². The molecule has 2 aromatic carbocycles. The predicted octanol–water partition coefficient (Wildman–Crippen LogP) is 2.28. The molecular formula is C24H24N4O3. The van der Waals surface area contributed by atoms with Gasteiger partial charge in [0.25, 0.3) is 5.56 Å². The minimum atomic E-state index is -0.437. The molecule has 2 aliphatic rings. The first-order valence-corrected chi connectivity index (χ1v) is 10.7. The minimum absolute atomic E-state index is 0.194. The molecule has 3 aromatic rings. The molecule has 31 heavy (non-hydrogen) atoms. The lowest BCUT2D eigenvalue weighted by Gasteiger charge is -2.32. The summed E-state index contributed by atoms with van der Waals surface area (Å²) >= 11 is 0. The van der Waals surface area contributed by atoms with Crippen LogP contribution >= 0.6 is 0 Å². The molecule has 0 radical (unpaired) electrons. The summed E-state index contributed by atoms with van der Waals surface area (Å²) in [5, 5.41) is 13.1. The van der Waals surface area contributed by atoms with Crippen molar-refractivity contribution in [1.82, 2.24) is 14.9 Å². The average molecular weight is 416 g/mol. The predicted molar refractivity (Wildman–Crippen MR) is 117 cm³/mol. The quantitative estimate of drug-likeness (QED) is 0.680. The van der Waals surface area contributed by atoms with E-state index in [1.807, 2.05) is 18.2 Å². The second-order valence-corrected chi connectivity index (χ2v) is 8.42. The molecular weight excluding hydrogens is 392 g/mol. The van der Waals surface area contributed by atoms with Crippen LogP contribution in [0.2, 0.25) is 0 Å². The van der Waals surface area contributed by atoms with E-state index < -0.39 is 5.69 Å². The molecule has 1 saturated heterocycles. The SMILES string of the molecule is COc1cccc2c1CC[C@H]1CNC(CCn3c(=O)[nH]c4cc(C#N)ccc4c3=O)[C@@H]21. The van der Waals surface area contributed by atoms with Crippen molar-refractivity contribution >= 4 is 10.9 Å². The molecule has 3 atom stereocenters. The first kappa shape index (κ1) is 19.6. The summed E-state index contributed by atoms with van der Waals surface area (Å²) in [7, 11) is 1.71. The second-order valence-electron chi connectivity index (χ2n) is 8.42. The summed E-state index contributed by atoms with van der Waals surface area (Å²) in [4.78, 5) is 28.3. The molecule has 2 N–H and O–H groups in total. The molecule has 1 aromatic heterocycles. The van der Waals surface area contributed by atoms with Crippen molar-refractivity contribution in [2.24, 2.45) is 5.92 Å². The fourth-order valence-corrected chi connectivity index (χ4v) is 5.40. The van der Waals surface area contributed by atoms with Crippen molar-refractivity contribution in [3.63, 3.8) is 0 Å². The smallest absolute Gasteiger partial charge is 0.328 e. The summed E-state index contributed by atoms with van der Waals surface area (Å²) in [6, 6.07) is 13.2. The number of benzene rings is 2. The topological polar surface area (TPSA) is 99.9 Å². The standard InChI is InChI=1S/C24H24N4O3/c1-31-21-4-2-3-17-16(21)8-6-15-13-26-19(22(15)17)9-10-28-23(29)18-7-5-14(12-25)11-20(18)27-24(28)30/h2-5,7,11,15,19,22,26H,6,8-10,13H2,1H3,(H,27,30)/t15-,19?,22+/m0/s1. The number of hydrogen-bond donors (Lipinski definition) is 2. The fourth-order valence-electron chi connectivity index (χ4n) is 5.40. The average Bonchev–Trinajstić information content (AvgIpc) is 3.21. The van der Waals surface area contributed by atoms with Crippen LogP contribution in [0, 0.1) is 17.2 Å². The number of nitriles is 1. The highest BCUT2D eigenvalue weighted by molar-refractivity contribution is 5.78. The van der Waals surface area contributed by atoms with Crippen LogP contribution in [0.1, 0.15) is 35.4 Å². The van der Waals surface area contributed by atoms with E-state index in [9.17, 15) is 9.59 Å². The van der Waals surface area contributed by atoms with Gasteiger partial charge in [0, 0.05) is 18.5 Å². The zero-order valence-corrected chi connectivity index (χ0v) is 17.4. The molecule has 1 aliphatic heterocycles. The maximum atomic E-state index is 12.9. The van der Waals surface area contributed by atoms with E-state index in [1.54, 1.807) is 19.2 Å². The molecule has 0 bridgehead atoms. The highest BCUT2D eigenvalue weighted by Crippen LogP contribution is 2.45. The first-order valence-electron chi connectivity index (χ1n) is 10.7. The Hall–Kier alpha value is -3.37. The van der Waals surface area contributed by atoms with Gasteiger partial charge < -0.3 is 15.0 Å². The molecule has 1 fully saturated rings. The molecule has 5 rings (SSSR count). The van der Waals surface area contributed by atoms with Gasteiger partial charge in [0.2, 0.25) is 0 Å². The van der Waals surface area contributed by atoms with E-state index in [-0.39, 0.29) is 11.6 Å². The van der Waals surface area contributed by atoms with Gasteiger partial charge in [-0.2, -0.15) is 5.26 Å². The van der Waals surface area contributed by atoms with E-state index in [0.717, 1.165) is 25.1 Å². The van der Waals surface area contributed by atoms with Crippen LogP contribution in [-0.2, 0) is 13.0 Å². The number of methoxy groups -OCH3 is 1. The van der Waals surface area contributed by atoms with Gasteiger partial charge in [-0.05, 0) is 67.1 Å². The number of ether oxygens (including phenoxy) is 1. The van der Waals surface area contributed by atoms with E-state index in [4.69, 9.17) is 10.00 Å². The van der Waals surface area contributed by atoms with Gasteiger partial charge in [0.15, 0.2) is 0 Å². The number of hydrogen-bond acceptors (Lipinski definition) is 5. The summed E-state index contributed by atoms with van der Waals surface area (Å²) in [6.07, 6.45) is 2.81. The Kier molecular flexibility index (Phi) is 4.87. The molecule has 7 nitrogen and oxygen atoms in total. The van der Waals surface area contributed by atoms with Crippen molar-refractivity contribution < 1.29 is 4.74 Å². The number of nitrogens with zero attached hydrogens (tertiary/aromatic N) is 2. The van der Waals surface area contributed by atoms with Gasteiger partial charge in [-0.3, -0.25) is 9.36 Å². The van der Waals surface area contributed by atoms with Crippen LogP contribution in [0.3, 0.4) is 0 Å². The van der Waals surface area contributed by atoms with E-state index in [0.29, 0.717) is 41.3 Å². The molecule has 0 saturated carbocycles. The van der Waals surface area contributed by atoms with E-state index >= 15 is 0 Å². The summed E-state index contributed by atoms with van der Waals surface area (Å²) in [5.41, 5.74) is 2.67. The number of fused-ring (bicyclic) bond motifs is 4. The number of aromatic amines is 1. The molecule has 2 heterocycles. The highest BCUT2D eigenvalue weighted by atomic mass is 16.5.